The average molecular weight is 376 g/mol. The zero-order valence-corrected chi connectivity index (χ0v) is 16.4. The smallest absolute Gasteiger partial charge is 0.296 e. The van der Waals surface area contributed by atoms with Crippen LogP contribution in [0.2, 0.25) is 0 Å². The second-order valence-electron chi connectivity index (χ2n) is 8.04. The molecule has 4 nitrogen and oxygen atoms in total. The summed E-state index contributed by atoms with van der Waals surface area (Å²) >= 11 is 0. The molecule has 138 valence electrons. The minimum absolute atomic E-state index is 0.931. The molecule has 0 aliphatic carbocycles. The molecule has 0 aliphatic heterocycles. The highest BCUT2D eigenvalue weighted by atomic mass is 16.3. The largest absolute Gasteiger partial charge is 0.462 e. The molecule has 0 bridgehead atoms. The molecule has 0 amide bonds. The molecular formula is C25H18N3O+. The maximum atomic E-state index is 6.05. The number of benzene rings is 3. The van der Waals surface area contributed by atoms with Crippen molar-refractivity contribution < 1.29 is 8.98 Å². The Bertz CT molecular complexity index is 1790. The van der Waals surface area contributed by atoms with Crippen molar-refractivity contribution in [2.45, 2.75) is 13.8 Å². The molecule has 29 heavy (non-hydrogen) atoms. The summed E-state index contributed by atoms with van der Waals surface area (Å²) in [4.78, 5) is 5.01. The second-order valence-corrected chi connectivity index (χ2v) is 8.04. The zero-order valence-electron chi connectivity index (χ0n) is 16.4. The number of furan rings is 1. The summed E-state index contributed by atoms with van der Waals surface area (Å²) in [5.41, 5.74) is 7.93. The summed E-state index contributed by atoms with van der Waals surface area (Å²) in [7, 11) is 2.12. The number of para-hydroxylation sites is 1. The molecule has 0 saturated carbocycles. The molecule has 4 heteroatoms. The van der Waals surface area contributed by atoms with Gasteiger partial charge in [-0.25, -0.2) is 4.57 Å². The average Bonchev–Trinajstić information content (AvgIpc) is 3.32. The van der Waals surface area contributed by atoms with E-state index in [2.05, 4.69) is 78.4 Å². The van der Waals surface area contributed by atoms with Crippen molar-refractivity contribution in [2.24, 2.45) is 7.05 Å². The van der Waals surface area contributed by atoms with Gasteiger partial charge in [0.1, 0.15) is 5.52 Å². The molecule has 0 aliphatic rings. The van der Waals surface area contributed by atoms with E-state index in [-0.39, 0.29) is 0 Å². The van der Waals surface area contributed by atoms with E-state index in [1.165, 1.54) is 38.1 Å². The van der Waals surface area contributed by atoms with Crippen LogP contribution < -0.4 is 4.57 Å². The van der Waals surface area contributed by atoms with Crippen molar-refractivity contribution in [1.29, 1.82) is 0 Å². The van der Waals surface area contributed by atoms with E-state index in [1.54, 1.807) is 6.26 Å². The maximum absolute atomic E-state index is 6.05. The lowest BCUT2D eigenvalue weighted by molar-refractivity contribution is -0.653. The van der Waals surface area contributed by atoms with Gasteiger partial charge in [0.25, 0.3) is 5.82 Å². The highest BCUT2D eigenvalue weighted by Gasteiger charge is 2.28. The van der Waals surface area contributed by atoms with Crippen LogP contribution in [0, 0.1) is 13.8 Å². The van der Waals surface area contributed by atoms with E-state index in [1.807, 2.05) is 0 Å². The fourth-order valence-corrected chi connectivity index (χ4v) is 5.15. The Kier molecular flexibility index (Phi) is 2.55. The van der Waals surface area contributed by atoms with Gasteiger partial charge in [-0.1, -0.05) is 24.3 Å². The van der Waals surface area contributed by atoms with E-state index in [9.17, 15) is 0 Å². The Balaban J connectivity index is 2.06. The molecule has 0 spiro atoms. The molecule has 0 saturated heterocycles. The fraction of sp³-hybridized carbons (Fsp3) is 0.120. The number of aromatic nitrogens is 3. The van der Waals surface area contributed by atoms with Crippen LogP contribution in [0.4, 0.5) is 0 Å². The number of hydrogen-bond donors (Lipinski definition) is 0. The maximum Gasteiger partial charge on any atom is 0.296 e. The standard InChI is InChI=1S/C25H18N3O/c1-13-8-9-15-12-16-10-11-29-25(16)23-20(15)19(13)22-24-21(26-14(2)27(22)3)17-6-4-5-7-18(17)28(23)24/h4-12H,1-3H3/q+1. The van der Waals surface area contributed by atoms with Crippen LogP contribution in [0.3, 0.4) is 0 Å². The van der Waals surface area contributed by atoms with Crippen molar-refractivity contribution in [2.75, 3.05) is 0 Å². The third-order valence-electron chi connectivity index (χ3n) is 6.53. The Labute approximate surface area is 165 Å². The molecule has 3 aromatic carbocycles. The Morgan fingerprint density at radius 3 is 2.69 bits per heavy atom. The highest BCUT2D eigenvalue weighted by Crippen LogP contribution is 2.42. The van der Waals surface area contributed by atoms with Crippen LogP contribution in [0.25, 0.3) is 60.1 Å². The third-order valence-corrected chi connectivity index (χ3v) is 6.53. The Morgan fingerprint density at radius 1 is 0.931 bits per heavy atom. The minimum atomic E-state index is 0.931. The highest BCUT2D eigenvalue weighted by molar-refractivity contribution is 6.29. The van der Waals surface area contributed by atoms with Gasteiger partial charge < -0.3 is 4.42 Å². The predicted molar refractivity (Wildman–Crippen MR) is 117 cm³/mol. The van der Waals surface area contributed by atoms with Crippen LogP contribution in [-0.4, -0.2) is 9.38 Å². The van der Waals surface area contributed by atoms with Crippen LogP contribution in [0.1, 0.15) is 11.4 Å². The first-order valence-corrected chi connectivity index (χ1v) is 9.89. The molecule has 0 atom stereocenters. The van der Waals surface area contributed by atoms with Gasteiger partial charge in [-0.3, -0.25) is 4.40 Å². The number of rotatable bonds is 0. The van der Waals surface area contributed by atoms with Crippen LogP contribution in [-0.2, 0) is 7.05 Å². The van der Waals surface area contributed by atoms with Gasteiger partial charge in [0, 0.05) is 23.1 Å². The molecule has 7 aromatic rings. The lowest BCUT2D eigenvalue weighted by Gasteiger charge is -2.14. The zero-order chi connectivity index (χ0) is 19.4. The van der Waals surface area contributed by atoms with Gasteiger partial charge in [0.15, 0.2) is 11.1 Å². The van der Waals surface area contributed by atoms with Crippen molar-refractivity contribution in [3.05, 3.63) is 66.2 Å². The number of fused-ring (bicyclic) bond motifs is 7. The van der Waals surface area contributed by atoms with Gasteiger partial charge in [-0.05, 0) is 47.1 Å². The summed E-state index contributed by atoms with van der Waals surface area (Å²) in [5, 5.41) is 6.07. The van der Waals surface area contributed by atoms with Crippen molar-refractivity contribution >= 4 is 60.1 Å². The van der Waals surface area contributed by atoms with Gasteiger partial charge in [-0.2, -0.15) is 0 Å². The molecule has 0 N–H and O–H groups in total. The van der Waals surface area contributed by atoms with Crippen molar-refractivity contribution in [3.8, 4) is 0 Å². The van der Waals surface area contributed by atoms with E-state index in [4.69, 9.17) is 9.40 Å². The molecule has 0 fully saturated rings. The first-order valence-electron chi connectivity index (χ1n) is 9.89. The van der Waals surface area contributed by atoms with E-state index in [0.29, 0.717) is 0 Å². The minimum Gasteiger partial charge on any atom is -0.462 e. The monoisotopic (exact) mass is 376 g/mol. The summed E-state index contributed by atoms with van der Waals surface area (Å²) in [6.07, 6.45) is 1.79. The SMILES string of the molecule is Cc1ccc2cc3ccoc3c3c2c1c1c2c(nc(C)[n+]1C)c1ccccc1n32. The summed E-state index contributed by atoms with van der Waals surface area (Å²) in [6.45, 7) is 4.29. The predicted octanol–water partition coefficient (Wildman–Crippen LogP) is 5.57. The second kappa shape index (κ2) is 4.84. The van der Waals surface area contributed by atoms with Gasteiger partial charge in [0.2, 0.25) is 5.52 Å². The topological polar surface area (TPSA) is 34.3 Å². The number of pyridine rings is 1. The molecular weight excluding hydrogens is 358 g/mol. The van der Waals surface area contributed by atoms with Crippen molar-refractivity contribution in [3.63, 3.8) is 0 Å². The number of hydrogen-bond acceptors (Lipinski definition) is 2. The van der Waals surface area contributed by atoms with Crippen molar-refractivity contribution in [1.82, 2.24) is 9.38 Å². The van der Waals surface area contributed by atoms with Gasteiger partial charge in [0.05, 0.1) is 29.7 Å². The quantitative estimate of drug-likeness (QED) is 0.197. The van der Waals surface area contributed by atoms with Gasteiger partial charge in [-0.15, -0.1) is 0 Å². The van der Waals surface area contributed by atoms with Crippen LogP contribution in [0.15, 0.2) is 59.2 Å². The Hall–Kier alpha value is -3.66. The molecule has 4 heterocycles. The molecule has 7 rings (SSSR count). The van der Waals surface area contributed by atoms with E-state index < -0.39 is 0 Å². The Morgan fingerprint density at radius 2 is 1.79 bits per heavy atom. The summed E-state index contributed by atoms with van der Waals surface area (Å²) in [5.74, 6) is 1.01. The van der Waals surface area contributed by atoms with Gasteiger partial charge >= 0.3 is 0 Å². The van der Waals surface area contributed by atoms with E-state index >= 15 is 0 Å². The number of nitrogens with zero attached hydrogens (tertiary/aromatic N) is 3. The normalized spacial score (nSPS) is 12.7. The molecule has 0 unspecified atom stereocenters. The first-order chi connectivity index (χ1) is 14.1. The summed E-state index contributed by atoms with van der Waals surface area (Å²) < 4.78 is 10.6. The molecule has 4 aromatic heterocycles. The number of aryl methyl sites for hydroxylation is 3. The van der Waals surface area contributed by atoms with Crippen LogP contribution >= 0.6 is 0 Å². The lowest BCUT2D eigenvalue weighted by Crippen LogP contribution is -2.34. The van der Waals surface area contributed by atoms with E-state index in [0.717, 1.165) is 33.3 Å². The molecule has 0 radical (unpaired) electrons. The first kappa shape index (κ1) is 15.3. The third kappa shape index (κ3) is 1.63. The van der Waals surface area contributed by atoms with Crippen LogP contribution in [0.5, 0.6) is 0 Å². The summed E-state index contributed by atoms with van der Waals surface area (Å²) in [6, 6.07) is 17.3. The fourth-order valence-electron chi connectivity index (χ4n) is 5.15. The lowest BCUT2D eigenvalue weighted by atomic mass is 9.97.